The molecule has 0 amide bonds. The van der Waals surface area contributed by atoms with Gasteiger partial charge in [-0.15, -0.1) is 0 Å². The lowest BCUT2D eigenvalue weighted by Crippen LogP contribution is -2.37. The van der Waals surface area contributed by atoms with Crippen molar-refractivity contribution < 1.29 is 9.84 Å². The molecule has 2 heterocycles. The molecule has 0 atom stereocenters. The first kappa shape index (κ1) is 19.1. The summed E-state index contributed by atoms with van der Waals surface area (Å²) < 4.78 is 10.0. The normalized spacial score (nSPS) is 16.3. The summed E-state index contributed by atoms with van der Waals surface area (Å²) >= 11 is 5.73. The first-order valence-corrected chi connectivity index (χ1v) is 9.61. The lowest BCUT2D eigenvalue weighted by atomic mass is 10.1. The molecule has 0 spiro atoms. The van der Waals surface area contributed by atoms with Gasteiger partial charge in [-0.05, 0) is 55.2 Å². The number of aromatic nitrogens is 3. The highest BCUT2D eigenvalue weighted by atomic mass is 32.1. The van der Waals surface area contributed by atoms with Crippen LogP contribution in [0.2, 0.25) is 0 Å². The minimum Gasteiger partial charge on any atom is -0.497 e. The number of benzene rings is 1. The fourth-order valence-electron chi connectivity index (χ4n) is 3.27. The van der Waals surface area contributed by atoms with E-state index >= 15 is 0 Å². The maximum Gasteiger partial charge on any atom is 0.199 e. The second kappa shape index (κ2) is 8.33. The number of nitrogens with zero attached hydrogens (tertiary/aromatic N) is 4. The van der Waals surface area contributed by atoms with Crippen molar-refractivity contribution in [3.63, 3.8) is 0 Å². The van der Waals surface area contributed by atoms with Gasteiger partial charge in [-0.2, -0.15) is 5.10 Å². The zero-order valence-corrected chi connectivity index (χ0v) is 16.6. The average Bonchev–Trinajstić information content (AvgIpc) is 2.93. The molecular formula is C19H28N4O2S. The van der Waals surface area contributed by atoms with Gasteiger partial charge in [-0.25, -0.2) is 4.68 Å². The van der Waals surface area contributed by atoms with Gasteiger partial charge >= 0.3 is 0 Å². The van der Waals surface area contributed by atoms with E-state index in [4.69, 9.17) is 22.1 Å². The van der Waals surface area contributed by atoms with Crippen molar-refractivity contribution in [2.24, 2.45) is 5.92 Å². The Balaban J connectivity index is 1.90. The van der Waals surface area contributed by atoms with Crippen LogP contribution in [-0.2, 0) is 13.2 Å². The molecule has 0 unspecified atom stereocenters. The van der Waals surface area contributed by atoms with E-state index in [0.29, 0.717) is 12.6 Å². The number of likely N-dealkylation sites (tertiary alicyclic amines) is 1. The van der Waals surface area contributed by atoms with Crippen molar-refractivity contribution in [1.82, 2.24) is 19.2 Å². The molecule has 1 saturated heterocycles. The Morgan fingerprint density at radius 3 is 2.46 bits per heavy atom. The van der Waals surface area contributed by atoms with Crippen molar-refractivity contribution in [3.05, 3.63) is 29.0 Å². The monoisotopic (exact) mass is 376 g/mol. The molecule has 1 fully saturated rings. The van der Waals surface area contributed by atoms with Gasteiger partial charge in [0.25, 0.3) is 0 Å². The van der Waals surface area contributed by atoms with Crippen LogP contribution in [0.3, 0.4) is 0 Å². The number of piperidine rings is 1. The van der Waals surface area contributed by atoms with Gasteiger partial charge in [0.2, 0.25) is 0 Å². The zero-order valence-electron chi connectivity index (χ0n) is 15.8. The molecule has 0 bridgehead atoms. The van der Waals surface area contributed by atoms with Crippen LogP contribution < -0.4 is 4.74 Å². The molecule has 1 aliphatic heterocycles. The number of hydrogen-bond acceptors (Lipinski definition) is 5. The van der Waals surface area contributed by atoms with Crippen LogP contribution in [-0.4, -0.2) is 50.7 Å². The fourth-order valence-corrected chi connectivity index (χ4v) is 3.53. The molecule has 0 radical (unpaired) electrons. The van der Waals surface area contributed by atoms with E-state index < -0.39 is 0 Å². The molecule has 1 N–H and O–H groups in total. The summed E-state index contributed by atoms with van der Waals surface area (Å²) in [6.45, 7) is 7.61. The van der Waals surface area contributed by atoms with Gasteiger partial charge < -0.3 is 9.84 Å². The lowest BCUT2D eigenvalue weighted by Gasteiger charge is -2.28. The Morgan fingerprint density at radius 2 is 1.88 bits per heavy atom. The highest BCUT2D eigenvalue weighted by molar-refractivity contribution is 7.71. The van der Waals surface area contributed by atoms with Gasteiger partial charge in [-0.1, -0.05) is 13.8 Å². The van der Waals surface area contributed by atoms with Crippen molar-refractivity contribution in [3.8, 4) is 17.1 Å². The predicted molar refractivity (Wildman–Crippen MR) is 105 cm³/mol. The summed E-state index contributed by atoms with van der Waals surface area (Å²) in [7, 11) is 1.67. The molecule has 1 aromatic carbocycles. The van der Waals surface area contributed by atoms with Crippen molar-refractivity contribution in [2.45, 2.75) is 46.0 Å². The maximum absolute atomic E-state index is 9.70. The zero-order chi connectivity index (χ0) is 18.7. The summed E-state index contributed by atoms with van der Waals surface area (Å²) in [4.78, 5) is 2.30. The first-order chi connectivity index (χ1) is 12.5. The van der Waals surface area contributed by atoms with Gasteiger partial charge in [0.15, 0.2) is 10.6 Å². The van der Waals surface area contributed by atoms with Crippen LogP contribution in [0.25, 0.3) is 11.4 Å². The summed E-state index contributed by atoms with van der Waals surface area (Å²) in [5, 5.41) is 14.5. The van der Waals surface area contributed by atoms with Crippen LogP contribution >= 0.6 is 12.2 Å². The largest absolute Gasteiger partial charge is 0.497 e. The molecule has 26 heavy (non-hydrogen) atoms. The highest BCUT2D eigenvalue weighted by Crippen LogP contribution is 2.23. The van der Waals surface area contributed by atoms with Crippen molar-refractivity contribution in [2.75, 3.05) is 20.2 Å². The third-order valence-corrected chi connectivity index (χ3v) is 5.14. The van der Waals surface area contributed by atoms with Gasteiger partial charge in [0, 0.05) is 25.2 Å². The minimum atomic E-state index is -0.174. The summed E-state index contributed by atoms with van der Waals surface area (Å²) in [6, 6.07) is 7.94. The molecule has 0 saturated carbocycles. The molecule has 1 aliphatic rings. The number of hydrogen-bond donors (Lipinski definition) is 1. The second-order valence-electron chi connectivity index (χ2n) is 7.33. The SMILES string of the molecule is COc1ccc(-c2nn(CN3CCC(O)CC3)c(=S)n2CC(C)C)cc1. The number of ether oxygens (including phenoxy) is 1. The summed E-state index contributed by atoms with van der Waals surface area (Å²) in [5.74, 6) is 2.19. The van der Waals surface area contributed by atoms with Crippen LogP contribution in [0.4, 0.5) is 0 Å². The molecule has 0 aliphatic carbocycles. The Kier molecular flexibility index (Phi) is 6.11. The molecular weight excluding hydrogens is 348 g/mol. The Morgan fingerprint density at radius 1 is 1.23 bits per heavy atom. The second-order valence-corrected chi connectivity index (χ2v) is 7.69. The van der Waals surface area contributed by atoms with E-state index in [1.165, 1.54) is 0 Å². The summed E-state index contributed by atoms with van der Waals surface area (Å²) in [5.41, 5.74) is 1.03. The quantitative estimate of drug-likeness (QED) is 0.785. The van der Waals surface area contributed by atoms with Crippen LogP contribution in [0, 0.1) is 10.7 Å². The topological polar surface area (TPSA) is 55.4 Å². The van der Waals surface area contributed by atoms with E-state index in [1.807, 2.05) is 28.9 Å². The highest BCUT2D eigenvalue weighted by Gasteiger charge is 2.20. The van der Waals surface area contributed by atoms with E-state index in [9.17, 15) is 5.11 Å². The molecule has 1 aromatic heterocycles. The fraction of sp³-hybridized carbons (Fsp3) is 0.579. The third-order valence-electron chi connectivity index (χ3n) is 4.71. The maximum atomic E-state index is 9.70. The van der Waals surface area contributed by atoms with Crippen LogP contribution in [0.5, 0.6) is 5.75 Å². The van der Waals surface area contributed by atoms with Gasteiger partial charge in [0.1, 0.15) is 5.75 Å². The van der Waals surface area contributed by atoms with Crippen LogP contribution in [0.15, 0.2) is 24.3 Å². The molecule has 3 rings (SSSR count). The smallest absolute Gasteiger partial charge is 0.199 e. The summed E-state index contributed by atoms with van der Waals surface area (Å²) in [6.07, 6.45) is 1.45. The number of rotatable bonds is 6. The Labute approximate surface area is 160 Å². The molecule has 6 nitrogen and oxygen atoms in total. The van der Waals surface area contributed by atoms with E-state index in [-0.39, 0.29) is 6.10 Å². The van der Waals surface area contributed by atoms with E-state index in [2.05, 4.69) is 23.3 Å². The van der Waals surface area contributed by atoms with E-state index in [0.717, 1.165) is 54.4 Å². The van der Waals surface area contributed by atoms with E-state index in [1.54, 1.807) is 7.11 Å². The molecule has 2 aromatic rings. The third kappa shape index (κ3) is 4.34. The first-order valence-electron chi connectivity index (χ1n) is 9.20. The van der Waals surface area contributed by atoms with Crippen LogP contribution in [0.1, 0.15) is 26.7 Å². The Hall–Kier alpha value is -1.70. The number of aliphatic hydroxyl groups is 1. The van der Waals surface area contributed by atoms with Gasteiger partial charge in [-0.3, -0.25) is 9.47 Å². The van der Waals surface area contributed by atoms with Crippen molar-refractivity contribution in [1.29, 1.82) is 0 Å². The van der Waals surface area contributed by atoms with Crippen molar-refractivity contribution >= 4 is 12.2 Å². The molecule has 7 heteroatoms. The lowest BCUT2D eigenvalue weighted by molar-refractivity contribution is 0.0650. The average molecular weight is 377 g/mol. The predicted octanol–water partition coefficient (Wildman–Crippen LogP) is 3.16. The van der Waals surface area contributed by atoms with Gasteiger partial charge in [0.05, 0.1) is 19.9 Å². The number of aliphatic hydroxyl groups excluding tert-OH is 1. The molecule has 142 valence electrons. The Bertz CT molecular complexity index is 774. The minimum absolute atomic E-state index is 0.174. The standard InChI is InChI=1S/C19H28N4O2S/c1-14(2)12-22-18(15-4-6-17(25-3)7-5-15)20-23(19(22)26)13-21-10-8-16(24)9-11-21/h4-7,14,16,24H,8-13H2,1-3H3. The number of methoxy groups -OCH3 is 1.